The summed E-state index contributed by atoms with van der Waals surface area (Å²) in [6.45, 7) is -0.504. The van der Waals surface area contributed by atoms with Gasteiger partial charge in [-0.15, -0.1) is 5.10 Å². The van der Waals surface area contributed by atoms with Crippen LogP contribution in [0, 0.1) is 10.1 Å². The van der Waals surface area contributed by atoms with Gasteiger partial charge in [-0.2, -0.15) is 0 Å². The molecule has 0 aliphatic heterocycles. The number of hydrogen-bond donors (Lipinski definition) is 2. The summed E-state index contributed by atoms with van der Waals surface area (Å²) in [5.41, 5.74) is -0.330. The minimum absolute atomic E-state index is 0.146. The minimum atomic E-state index is -2.91. The van der Waals surface area contributed by atoms with Crippen LogP contribution in [-0.4, -0.2) is 38.9 Å². The summed E-state index contributed by atoms with van der Waals surface area (Å²) in [5.74, 6) is -0.146. The van der Waals surface area contributed by atoms with Gasteiger partial charge in [-0.25, -0.2) is 8.78 Å². The van der Waals surface area contributed by atoms with Gasteiger partial charge in [0.25, 0.3) is 6.43 Å². The van der Waals surface area contributed by atoms with Gasteiger partial charge in [0.15, 0.2) is 0 Å². The molecule has 90 valence electrons. The Bertz CT molecular complexity index is 382. The van der Waals surface area contributed by atoms with Crippen LogP contribution in [-0.2, 0) is 7.05 Å². The van der Waals surface area contributed by atoms with Crippen LogP contribution < -0.4 is 5.32 Å². The molecule has 0 aliphatic rings. The summed E-state index contributed by atoms with van der Waals surface area (Å²) in [6.07, 6.45) is -3.66. The lowest BCUT2D eigenvalue weighted by Gasteiger charge is -2.09. The highest BCUT2D eigenvalue weighted by molar-refractivity contribution is 5.54. The zero-order valence-electron chi connectivity index (χ0n) is 8.30. The predicted molar refractivity (Wildman–Crippen MR) is 50.4 cm³/mol. The first-order valence-electron chi connectivity index (χ1n) is 4.30. The van der Waals surface area contributed by atoms with Crippen molar-refractivity contribution < 1.29 is 18.8 Å². The number of aryl methyl sites for hydroxylation is 1. The largest absolute Gasteiger partial charge is 0.385 e. The number of anilines is 1. The van der Waals surface area contributed by atoms with Crippen molar-refractivity contribution in [3.63, 3.8) is 0 Å². The fourth-order valence-corrected chi connectivity index (χ4v) is 1.03. The number of aliphatic hydroxyl groups is 1. The van der Waals surface area contributed by atoms with Crippen molar-refractivity contribution in [2.45, 2.75) is 12.5 Å². The Kier molecular flexibility index (Phi) is 3.72. The van der Waals surface area contributed by atoms with Gasteiger partial charge in [0.05, 0.1) is 4.92 Å². The maximum Gasteiger partial charge on any atom is 0.330 e. The molecule has 2 N–H and O–H groups in total. The molecule has 0 bridgehead atoms. The third-order valence-electron chi connectivity index (χ3n) is 1.78. The molecule has 1 heterocycles. The van der Waals surface area contributed by atoms with E-state index in [-0.39, 0.29) is 11.5 Å². The van der Waals surface area contributed by atoms with E-state index in [4.69, 9.17) is 5.11 Å². The van der Waals surface area contributed by atoms with Crippen LogP contribution in [0.2, 0.25) is 0 Å². The molecule has 0 radical (unpaired) electrons. The van der Waals surface area contributed by atoms with E-state index in [0.717, 1.165) is 6.20 Å². The molecule has 1 unspecified atom stereocenters. The zero-order valence-corrected chi connectivity index (χ0v) is 8.30. The molecule has 0 aromatic carbocycles. The molecular formula is C7H10F2N4O3. The van der Waals surface area contributed by atoms with E-state index in [1.165, 1.54) is 11.7 Å². The summed E-state index contributed by atoms with van der Waals surface area (Å²) in [7, 11) is 1.46. The zero-order chi connectivity index (χ0) is 12.3. The Balaban J connectivity index is 2.70. The van der Waals surface area contributed by atoms with Crippen molar-refractivity contribution in [2.75, 3.05) is 11.9 Å². The number of nitro groups is 1. The number of alkyl halides is 2. The van der Waals surface area contributed by atoms with Crippen molar-refractivity contribution >= 4 is 11.5 Å². The van der Waals surface area contributed by atoms with E-state index < -0.39 is 24.0 Å². The molecule has 1 aromatic rings. The molecule has 0 spiro atoms. The molecule has 0 saturated heterocycles. The fourth-order valence-electron chi connectivity index (χ4n) is 1.03. The Morgan fingerprint density at radius 3 is 2.88 bits per heavy atom. The van der Waals surface area contributed by atoms with E-state index in [2.05, 4.69) is 10.4 Å². The van der Waals surface area contributed by atoms with Crippen LogP contribution >= 0.6 is 0 Å². The van der Waals surface area contributed by atoms with E-state index in [1.807, 2.05) is 0 Å². The standard InChI is InChI=1S/C7H10F2N4O3/c1-12-3-4(13(15)16)7(11-12)10-2-5(14)6(8)9/h3,5-6,14H,2H2,1H3,(H,10,11). The van der Waals surface area contributed by atoms with Gasteiger partial charge in [0.2, 0.25) is 5.82 Å². The molecule has 16 heavy (non-hydrogen) atoms. The van der Waals surface area contributed by atoms with Crippen molar-refractivity contribution in [3.05, 3.63) is 16.3 Å². The average molecular weight is 236 g/mol. The van der Waals surface area contributed by atoms with Gasteiger partial charge >= 0.3 is 5.69 Å². The number of aliphatic hydroxyl groups excluding tert-OH is 1. The number of nitrogens with one attached hydrogen (secondary N) is 1. The second-order valence-corrected chi connectivity index (χ2v) is 3.08. The average Bonchev–Trinajstić information content (AvgIpc) is 2.56. The van der Waals surface area contributed by atoms with Crippen LogP contribution in [0.3, 0.4) is 0 Å². The maximum atomic E-state index is 11.9. The second-order valence-electron chi connectivity index (χ2n) is 3.08. The summed E-state index contributed by atoms with van der Waals surface area (Å²) in [5, 5.41) is 25.3. The second kappa shape index (κ2) is 4.84. The Labute approximate surface area is 88.8 Å². The molecule has 0 saturated carbocycles. The van der Waals surface area contributed by atoms with Gasteiger partial charge in [-0.3, -0.25) is 14.8 Å². The van der Waals surface area contributed by atoms with Crippen LogP contribution in [0.25, 0.3) is 0 Å². The summed E-state index contributed by atoms with van der Waals surface area (Å²) >= 11 is 0. The molecule has 0 amide bonds. The first-order chi connectivity index (χ1) is 7.41. The molecule has 0 fully saturated rings. The van der Waals surface area contributed by atoms with Crippen LogP contribution in [0.4, 0.5) is 20.3 Å². The monoisotopic (exact) mass is 236 g/mol. The molecule has 1 aromatic heterocycles. The lowest BCUT2D eigenvalue weighted by atomic mass is 10.3. The molecule has 1 rings (SSSR count). The van der Waals surface area contributed by atoms with Crippen LogP contribution in [0.15, 0.2) is 6.20 Å². The fraction of sp³-hybridized carbons (Fsp3) is 0.571. The number of rotatable bonds is 5. The third kappa shape index (κ3) is 2.86. The predicted octanol–water partition coefficient (Wildman–Crippen LogP) is 0.366. The normalized spacial score (nSPS) is 12.8. The lowest BCUT2D eigenvalue weighted by molar-refractivity contribution is -0.384. The molecule has 7 nitrogen and oxygen atoms in total. The van der Waals surface area contributed by atoms with E-state index >= 15 is 0 Å². The molecule has 0 aliphatic carbocycles. The maximum absolute atomic E-state index is 11.9. The first-order valence-corrected chi connectivity index (χ1v) is 4.30. The number of hydrogen-bond acceptors (Lipinski definition) is 5. The van der Waals surface area contributed by atoms with Crippen LogP contribution in [0.1, 0.15) is 0 Å². The van der Waals surface area contributed by atoms with Gasteiger partial charge in [-0.1, -0.05) is 0 Å². The summed E-state index contributed by atoms with van der Waals surface area (Å²) in [6, 6.07) is 0. The SMILES string of the molecule is Cn1cc([N+](=O)[O-])c(NCC(O)C(F)F)n1. The Morgan fingerprint density at radius 2 is 2.38 bits per heavy atom. The highest BCUT2D eigenvalue weighted by atomic mass is 19.3. The quantitative estimate of drug-likeness (QED) is 0.569. The van der Waals surface area contributed by atoms with Crippen molar-refractivity contribution in [3.8, 4) is 0 Å². The number of halogens is 2. The van der Waals surface area contributed by atoms with Gasteiger partial charge in [0.1, 0.15) is 12.3 Å². The van der Waals surface area contributed by atoms with Gasteiger partial charge in [-0.05, 0) is 0 Å². The van der Waals surface area contributed by atoms with Crippen molar-refractivity contribution in [1.29, 1.82) is 0 Å². The Hall–Kier alpha value is -1.77. The third-order valence-corrected chi connectivity index (χ3v) is 1.78. The minimum Gasteiger partial charge on any atom is -0.385 e. The topological polar surface area (TPSA) is 93.2 Å². The molecular weight excluding hydrogens is 226 g/mol. The van der Waals surface area contributed by atoms with E-state index in [1.54, 1.807) is 0 Å². The van der Waals surface area contributed by atoms with Gasteiger partial charge in [0, 0.05) is 13.6 Å². The summed E-state index contributed by atoms with van der Waals surface area (Å²) < 4.78 is 25.1. The van der Waals surface area contributed by atoms with Crippen molar-refractivity contribution in [2.24, 2.45) is 7.05 Å². The smallest absolute Gasteiger partial charge is 0.330 e. The van der Waals surface area contributed by atoms with E-state index in [0.29, 0.717) is 0 Å². The molecule has 9 heteroatoms. The highest BCUT2D eigenvalue weighted by Crippen LogP contribution is 2.21. The Morgan fingerprint density at radius 1 is 1.75 bits per heavy atom. The molecule has 1 atom stereocenters. The number of nitrogens with zero attached hydrogens (tertiary/aromatic N) is 3. The number of aromatic nitrogens is 2. The van der Waals surface area contributed by atoms with Crippen LogP contribution in [0.5, 0.6) is 0 Å². The van der Waals surface area contributed by atoms with Crippen molar-refractivity contribution in [1.82, 2.24) is 9.78 Å². The van der Waals surface area contributed by atoms with E-state index in [9.17, 15) is 18.9 Å². The highest BCUT2D eigenvalue weighted by Gasteiger charge is 2.21. The van der Waals surface area contributed by atoms with Gasteiger partial charge < -0.3 is 10.4 Å². The first kappa shape index (κ1) is 12.3. The lowest BCUT2D eigenvalue weighted by Crippen LogP contribution is -2.27. The summed E-state index contributed by atoms with van der Waals surface area (Å²) in [4.78, 5) is 9.82.